The molecule has 0 aliphatic carbocycles. The summed E-state index contributed by atoms with van der Waals surface area (Å²) in [6.07, 6.45) is 0. The summed E-state index contributed by atoms with van der Waals surface area (Å²) >= 11 is 5.58. The number of carbonyl (C=O) groups is 1. The van der Waals surface area contributed by atoms with Gasteiger partial charge < -0.3 is 9.57 Å². The Morgan fingerprint density at radius 1 is 1.14 bits per heavy atom. The van der Waals surface area contributed by atoms with Crippen LogP contribution in [0.4, 0.5) is 0 Å². The minimum absolute atomic E-state index is 0.0631. The summed E-state index contributed by atoms with van der Waals surface area (Å²) in [6.45, 7) is 2.27. The molecule has 0 bridgehead atoms. The van der Waals surface area contributed by atoms with E-state index in [1.165, 1.54) is 7.11 Å². The fraction of sp³-hybridized carbons (Fsp3) is 0.176. The van der Waals surface area contributed by atoms with Gasteiger partial charge in [-0.15, -0.1) is 0 Å². The number of carbonyl (C=O) groups excluding carboxylic acids is 1. The third-order valence-electron chi connectivity index (χ3n) is 3.12. The number of para-hydroxylation sites is 1. The Morgan fingerprint density at radius 3 is 2.50 bits per heavy atom. The second kappa shape index (κ2) is 7.61. The van der Waals surface area contributed by atoms with Crippen LogP contribution < -0.4 is 4.74 Å². The van der Waals surface area contributed by atoms with Crippen molar-refractivity contribution in [3.8, 4) is 5.75 Å². The quantitative estimate of drug-likeness (QED) is 0.464. The van der Waals surface area contributed by atoms with Gasteiger partial charge in [-0.2, -0.15) is 0 Å². The van der Waals surface area contributed by atoms with Crippen LogP contribution >= 0.6 is 11.6 Å². The molecule has 0 atom stereocenters. The summed E-state index contributed by atoms with van der Waals surface area (Å²) in [4.78, 5) is 16.2. The highest BCUT2D eigenvalue weighted by Gasteiger charge is 2.16. The van der Waals surface area contributed by atoms with Crippen LogP contribution in [0.5, 0.6) is 5.75 Å². The van der Waals surface area contributed by atoms with E-state index in [1.54, 1.807) is 12.1 Å². The van der Waals surface area contributed by atoms with Gasteiger partial charge in [0.2, 0.25) is 0 Å². The first kappa shape index (κ1) is 16.0. The molecule has 0 N–H and O–H groups in total. The maximum atomic E-state index is 11.5. The highest BCUT2D eigenvalue weighted by Crippen LogP contribution is 2.20. The minimum atomic E-state index is -0.676. The molecule has 2 aromatic rings. The first-order chi connectivity index (χ1) is 10.6. The predicted molar refractivity (Wildman–Crippen MR) is 86.4 cm³/mol. The van der Waals surface area contributed by atoms with Gasteiger partial charge in [0.15, 0.2) is 5.71 Å². The fourth-order valence-corrected chi connectivity index (χ4v) is 2.17. The largest absolute Gasteiger partial charge is 0.489 e. The van der Waals surface area contributed by atoms with Crippen molar-refractivity contribution in [2.75, 3.05) is 7.11 Å². The van der Waals surface area contributed by atoms with Crippen LogP contribution in [0.25, 0.3) is 0 Å². The molecule has 0 fully saturated rings. The zero-order valence-corrected chi connectivity index (χ0v) is 13.1. The number of hydrogen-bond donors (Lipinski definition) is 0. The molecule has 22 heavy (non-hydrogen) atoms. The van der Waals surface area contributed by atoms with Crippen LogP contribution in [0.2, 0.25) is 0 Å². The smallest absolute Gasteiger partial charge is 0.274 e. The van der Waals surface area contributed by atoms with Gasteiger partial charge in [0.1, 0.15) is 19.5 Å². The summed E-state index contributed by atoms with van der Waals surface area (Å²) in [6, 6.07) is 15.0. The Morgan fingerprint density at radius 2 is 1.82 bits per heavy atom. The Hall–Kier alpha value is -2.33. The van der Waals surface area contributed by atoms with E-state index < -0.39 is 5.24 Å². The number of oxime groups is 1. The summed E-state index contributed by atoms with van der Waals surface area (Å²) in [5, 5.41) is 3.03. The molecule has 0 saturated carbocycles. The summed E-state index contributed by atoms with van der Waals surface area (Å²) in [5.41, 5.74) is 2.50. The topological polar surface area (TPSA) is 47.9 Å². The van der Waals surface area contributed by atoms with Crippen molar-refractivity contribution in [3.63, 3.8) is 0 Å². The van der Waals surface area contributed by atoms with E-state index in [0.717, 1.165) is 16.9 Å². The number of benzene rings is 2. The lowest BCUT2D eigenvalue weighted by atomic mass is 10.0. The van der Waals surface area contributed by atoms with Gasteiger partial charge in [-0.1, -0.05) is 47.6 Å². The highest BCUT2D eigenvalue weighted by molar-refractivity contribution is 6.84. The van der Waals surface area contributed by atoms with E-state index in [9.17, 15) is 4.79 Å². The number of ether oxygens (including phenoxy) is 1. The van der Waals surface area contributed by atoms with Crippen LogP contribution in [0.1, 0.15) is 16.7 Å². The van der Waals surface area contributed by atoms with Crippen LogP contribution in [0.3, 0.4) is 0 Å². The standard InChI is InChI=1S/C17H16ClNO3/c1-12-7-3-6-10-15(12)22-11-13-8-4-5-9-14(13)16(17(18)20)19-21-2/h3-10H,11H2,1-2H3/b19-16-. The average molecular weight is 318 g/mol. The Balaban J connectivity index is 2.27. The predicted octanol–water partition coefficient (Wildman–Crippen LogP) is 3.69. The monoisotopic (exact) mass is 317 g/mol. The van der Waals surface area contributed by atoms with Gasteiger partial charge in [0.25, 0.3) is 5.24 Å². The number of rotatable bonds is 6. The Bertz CT molecular complexity index is 698. The molecule has 0 aliphatic rings. The van der Waals surface area contributed by atoms with Crippen LogP contribution in [-0.2, 0) is 16.2 Å². The Labute approximate surface area is 134 Å². The molecule has 2 aromatic carbocycles. The molecule has 0 spiro atoms. The molecular formula is C17H16ClNO3. The lowest BCUT2D eigenvalue weighted by Crippen LogP contribution is -2.14. The molecule has 2 rings (SSSR count). The highest BCUT2D eigenvalue weighted by atomic mass is 35.5. The van der Waals surface area contributed by atoms with Gasteiger partial charge in [-0.05, 0) is 35.7 Å². The van der Waals surface area contributed by atoms with E-state index in [1.807, 2.05) is 43.3 Å². The van der Waals surface area contributed by atoms with Crippen molar-refractivity contribution in [2.45, 2.75) is 13.5 Å². The molecule has 0 heterocycles. The maximum absolute atomic E-state index is 11.5. The van der Waals surface area contributed by atoms with E-state index in [4.69, 9.17) is 21.2 Å². The molecule has 5 heteroatoms. The van der Waals surface area contributed by atoms with Gasteiger partial charge >= 0.3 is 0 Å². The number of halogens is 1. The van der Waals surface area contributed by atoms with Gasteiger partial charge in [0.05, 0.1) is 0 Å². The second-order valence-corrected chi connectivity index (χ2v) is 4.95. The normalized spacial score (nSPS) is 11.1. The van der Waals surface area contributed by atoms with Crippen LogP contribution in [0.15, 0.2) is 53.7 Å². The molecule has 4 nitrogen and oxygen atoms in total. The van der Waals surface area contributed by atoms with Crippen molar-refractivity contribution in [1.82, 2.24) is 0 Å². The maximum Gasteiger partial charge on any atom is 0.274 e. The number of hydrogen-bond acceptors (Lipinski definition) is 4. The SMILES string of the molecule is CO/N=C(\C(=O)Cl)c1ccccc1COc1ccccc1C. The number of nitrogens with zero attached hydrogens (tertiary/aromatic N) is 1. The van der Waals surface area contributed by atoms with Crippen molar-refractivity contribution in [1.29, 1.82) is 0 Å². The lowest BCUT2D eigenvalue weighted by Gasteiger charge is -2.12. The van der Waals surface area contributed by atoms with E-state index in [-0.39, 0.29) is 5.71 Å². The summed E-state index contributed by atoms with van der Waals surface area (Å²) in [5.74, 6) is 0.791. The second-order valence-electron chi connectivity index (χ2n) is 4.61. The number of aryl methyl sites for hydroxylation is 1. The fourth-order valence-electron chi connectivity index (χ4n) is 2.03. The summed E-state index contributed by atoms with van der Waals surface area (Å²) in [7, 11) is 1.37. The molecule has 0 unspecified atom stereocenters. The third-order valence-corrected chi connectivity index (χ3v) is 3.30. The van der Waals surface area contributed by atoms with Crippen molar-refractivity contribution >= 4 is 22.6 Å². The van der Waals surface area contributed by atoms with Gasteiger partial charge in [-0.25, -0.2) is 0 Å². The Kier molecular flexibility index (Phi) is 5.55. The lowest BCUT2D eigenvalue weighted by molar-refractivity contribution is -0.106. The van der Waals surface area contributed by atoms with Crippen molar-refractivity contribution in [3.05, 3.63) is 65.2 Å². The first-order valence-corrected chi connectivity index (χ1v) is 7.09. The average Bonchev–Trinajstić information content (AvgIpc) is 2.52. The molecule has 0 aromatic heterocycles. The first-order valence-electron chi connectivity index (χ1n) is 6.71. The van der Waals surface area contributed by atoms with Crippen molar-refractivity contribution in [2.24, 2.45) is 5.16 Å². The van der Waals surface area contributed by atoms with Crippen molar-refractivity contribution < 1.29 is 14.4 Å². The van der Waals surface area contributed by atoms with Gasteiger partial charge in [0, 0.05) is 5.56 Å². The molecule has 0 saturated heterocycles. The summed E-state index contributed by atoms with van der Waals surface area (Å²) < 4.78 is 5.82. The molecule has 0 aliphatic heterocycles. The van der Waals surface area contributed by atoms with E-state index >= 15 is 0 Å². The molecule has 114 valence electrons. The van der Waals surface area contributed by atoms with E-state index in [2.05, 4.69) is 5.16 Å². The third kappa shape index (κ3) is 3.86. The van der Waals surface area contributed by atoms with Gasteiger partial charge in [-0.3, -0.25) is 4.79 Å². The molecule has 0 amide bonds. The van der Waals surface area contributed by atoms with Crippen LogP contribution in [0, 0.1) is 6.92 Å². The zero-order valence-electron chi connectivity index (χ0n) is 12.4. The van der Waals surface area contributed by atoms with Crippen LogP contribution in [-0.4, -0.2) is 18.1 Å². The minimum Gasteiger partial charge on any atom is -0.489 e. The molecule has 0 radical (unpaired) electrons. The molecular weight excluding hydrogens is 302 g/mol. The zero-order chi connectivity index (χ0) is 15.9. The van der Waals surface area contributed by atoms with E-state index in [0.29, 0.717) is 12.2 Å².